The van der Waals surface area contributed by atoms with E-state index in [0.29, 0.717) is 16.8 Å². The molecular weight excluding hydrogens is 460 g/mol. The molecule has 0 amide bonds. The lowest BCUT2D eigenvalue weighted by atomic mass is 9.79. The van der Waals surface area contributed by atoms with Crippen LogP contribution < -0.4 is 5.32 Å². The fourth-order valence-corrected chi connectivity index (χ4v) is 3.78. The topological polar surface area (TPSA) is 62.2 Å². The number of aliphatic carboxylic acids is 1. The van der Waals surface area contributed by atoms with Crippen molar-refractivity contribution in [1.29, 1.82) is 0 Å². The Morgan fingerprint density at radius 2 is 1.73 bits per heavy atom. The number of carboxylic acids is 1. The third-order valence-corrected chi connectivity index (χ3v) is 5.41. The van der Waals surface area contributed by atoms with Crippen LogP contribution in [0, 0.1) is 5.82 Å². The van der Waals surface area contributed by atoms with Gasteiger partial charge in [0.05, 0.1) is 21.8 Å². The molecule has 1 unspecified atom stereocenters. The number of rotatable bonds is 9. The van der Waals surface area contributed by atoms with Gasteiger partial charge < -0.3 is 10.4 Å². The average Bonchev–Trinajstić information content (AvgIpc) is 2.76. The lowest BCUT2D eigenvalue weighted by Gasteiger charge is -2.36. The summed E-state index contributed by atoms with van der Waals surface area (Å²) in [5.74, 6) is -2.04. The van der Waals surface area contributed by atoms with Crippen LogP contribution in [-0.4, -0.2) is 22.6 Å². The van der Waals surface area contributed by atoms with E-state index in [1.165, 1.54) is 6.20 Å². The molecule has 0 bridgehead atoms. The molecule has 2 aromatic carbocycles. The van der Waals surface area contributed by atoms with Crippen LogP contribution in [0.1, 0.15) is 35.2 Å². The second-order valence-electron chi connectivity index (χ2n) is 7.58. The van der Waals surface area contributed by atoms with Crippen molar-refractivity contribution in [3.05, 3.63) is 100 Å². The number of hydrogen-bond donors (Lipinski definition) is 2. The lowest BCUT2D eigenvalue weighted by Crippen LogP contribution is -2.47. The highest BCUT2D eigenvalue weighted by atomic mass is 35.5. The highest BCUT2D eigenvalue weighted by Gasteiger charge is 2.39. The number of carbonyl (C=O) groups is 1. The Morgan fingerprint density at radius 3 is 2.33 bits per heavy atom. The molecule has 33 heavy (non-hydrogen) atoms. The van der Waals surface area contributed by atoms with Gasteiger partial charge in [-0.15, -0.1) is 0 Å². The molecule has 174 valence electrons. The molecule has 1 atom stereocenters. The molecule has 3 aromatic rings. The molecule has 3 rings (SSSR count). The Bertz CT molecular complexity index is 1090. The van der Waals surface area contributed by atoms with Gasteiger partial charge in [-0.3, -0.25) is 9.78 Å². The van der Waals surface area contributed by atoms with Gasteiger partial charge >= 0.3 is 12.1 Å². The molecule has 0 fully saturated rings. The third-order valence-electron chi connectivity index (χ3n) is 5.19. The zero-order valence-electron chi connectivity index (χ0n) is 17.4. The fraction of sp³-hybridized carbons (Fsp3) is 0.250. The van der Waals surface area contributed by atoms with E-state index in [0.717, 1.165) is 17.7 Å². The van der Waals surface area contributed by atoms with Gasteiger partial charge in [-0.25, -0.2) is 4.39 Å². The maximum absolute atomic E-state index is 14.5. The number of nitrogens with zero attached hydrogens (tertiary/aromatic N) is 1. The summed E-state index contributed by atoms with van der Waals surface area (Å²) >= 11 is 5.98. The van der Waals surface area contributed by atoms with Crippen LogP contribution in [-0.2, 0) is 22.9 Å². The Labute approximate surface area is 193 Å². The van der Waals surface area contributed by atoms with Gasteiger partial charge in [-0.2, -0.15) is 13.2 Å². The summed E-state index contributed by atoms with van der Waals surface area (Å²) in [6.45, 7) is 0.140. The zero-order valence-corrected chi connectivity index (χ0v) is 18.1. The maximum Gasteiger partial charge on any atom is 0.416 e. The number of halogens is 5. The summed E-state index contributed by atoms with van der Waals surface area (Å²) in [4.78, 5) is 15.3. The molecule has 0 aliphatic carbocycles. The van der Waals surface area contributed by atoms with Crippen LogP contribution in [0.2, 0.25) is 5.02 Å². The monoisotopic (exact) mass is 480 g/mol. The summed E-state index contributed by atoms with van der Waals surface area (Å²) in [5, 5.41) is 12.5. The SMILES string of the molecule is O=C(O)CCCNC(Cc1ccccc1)(c1cc(F)cc(C(F)(F)F)c1)c1ccc(Cl)cn1. The van der Waals surface area contributed by atoms with Crippen LogP contribution in [0.25, 0.3) is 0 Å². The molecule has 0 aliphatic rings. The van der Waals surface area contributed by atoms with E-state index >= 15 is 0 Å². The number of carboxylic acid groups (broad SMARTS) is 1. The molecule has 0 saturated carbocycles. The van der Waals surface area contributed by atoms with E-state index in [4.69, 9.17) is 16.7 Å². The number of benzene rings is 2. The first-order valence-corrected chi connectivity index (χ1v) is 10.5. The minimum absolute atomic E-state index is 0.0174. The van der Waals surface area contributed by atoms with Gasteiger partial charge in [0, 0.05) is 19.0 Å². The fourth-order valence-electron chi connectivity index (χ4n) is 3.67. The molecule has 0 radical (unpaired) electrons. The van der Waals surface area contributed by atoms with Crippen molar-refractivity contribution in [2.45, 2.75) is 31.0 Å². The second kappa shape index (κ2) is 10.3. The molecule has 0 saturated heterocycles. The van der Waals surface area contributed by atoms with Gasteiger partial charge in [0.1, 0.15) is 5.82 Å². The summed E-state index contributed by atoms with van der Waals surface area (Å²) in [6.07, 6.45) is -3.19. The standard InChI is InChI=1S/C24H21ClF4N2O2/c25-19-8-9-21(30-15-19)23(31-10-4-7-22(32)33,14-16-5-2-1-3-6-16)17-11-18(24(27,28)29)13-20(26)12-17/h1-3,5-6,8-9,11-13,15,31H,4,7,10,14H2,(H,32,33). The highest BCUT2D eigenvalue weighted by molar-refractivity contribution is 6.30. The van der Waals surface area contributed by atoms with Crippen LogP contribution in [0.15, 0.2) is 66.9 Å². The molecule has 0 aliphatic heterocycles. The van der Waals surface area contributed by atoms with E-state index in [9.17, 15) is 22.4 Å². The van der Waals surface area contributed by atoms with Crippen molar-refractivity contribution >= 4 is 17.6 Å². The van der Waals surface area contributed by atoms with Gasteiger partial charge in [-0.1, -0.05) is 41.9 Å². The average molecular weight is 481 g/mol. The summed E-state index contributed by atoms with van der Waals surface area (Å²) in [7, 11) is 0. The molecule has 0 spiro atoms. The molecule has 1 heterocycles. The first-order valence-electron chi connectivity index (χ1n) is 10.1. The van der Waals surface area contributed by atoms with Gasteiger partial charge in [0.2, 0.25) is 0 Å². The Morgan fingerprint density at radius 1 is 1.03 bits per heavy atom. The number of hydrogen-bond acceptors (Lipinski definition) is 3. The van der Waals surface area contributed by atoms with Crippen LogP contribution in [0.4, 0.5) is 17.6 Å². The van der Waals surface area contributed by atoms with Crippen LogP contribution in [0.3, 0.4) is 0 Å². The van der Waals surface area contributed by atoms with E-state index < -0.39 is 29.1 Å². The first-order chi connectivity index (χ1) is 15.6. The van der Waals surface area contributed by atoms with Crippen LogP contribution in [0.5, 0.6) is 0 Å². The van der Waals surface area contributed by atoms with Crippen molar-refractivity contribution in [2.75, 3.05) is 6.54 Å². The maximum atomic E-state index is 14.5. The minimum Gasteiger partial charge on any atom is -0.481 e. The lowest BCUT2D eigenvalue weighted by molar-refractivity contribution is -0.138. The van der Waals surface area contributed by atoms with Gasteiger partial charge in [0.15, 0.2) is 0 Å². The number of aromatic nitrogens is 1. The van der Waals surface area contributed by atoms with Crippen molar-refractivity contribution in [1.82, 2.24) is 10.3 Å². The predicted molar refractivity (Wildman–Crippen MR) is 116 cm³/mol. The largest absolute Gasteiger partial charge is 0.481 e. The van der Waals surface area contributed by atoms with Gasteiger partial charge in [0.25, 0.3) is 0 Å². The Kier molecular flexibility index (Phi) is 7.71. The van der Waals surface area contributed by atoms with Crippen molar-refractivity contribution in [3.63, 3.8) is 0 Å². The number of nitrogens with one attached hydrogen (secondary N) is 1. The summed E-state index contributed by atoms with van der Waals surface area (Å²) in [6, 6.07) is 14.5. The third kappa shape index (κ3) is 6.30. The number of alkyl halides is 3. The smallest absolute Gasteiger partial charge is 0.416 e. The molecule has 9 heteroatoms. The minimum atomic E-state index is -4.76. The van der Waals surface area contributed by atoms with Crippen molar-refractivity contribution < 1.29 is 27.5 Å². The van der Waals surface area contributed by atoms with E-state index in [2.05, 4.69) is 10.3 Å². The van der Waals surface area contributed by atoms with Crippen molar-refractivity contribution in [3.8, 4) is 0 Å². The highest BCUT2D eigenvalue weighted by Crippen LogP contribution is 2.37. The molecule has 4 nitrogen and oxygen atoms in total. The van der Waals surface area contributed by atoms with E-state index in [-0.39, 0.29) is 31.4 Å². The van der Waals surface area contributed by atoms with Crippen LogP contribution >= 0.6 is 11.6 Å². The summed E-state index contributed by atoms with van der Waals surface area (Å²) in [5.41, 5.74) is -1.41. The molecular formula is C24H21ClF4N2O2. The normalized spacial score (nSPS) is 13.5. The second-order valence-corrected chi connectivity index (χ2v) is 8.02. The van der Waals surface area contributed by atoms with Crippen molar-refractivity contribution in [2.24, 2.45) is 0 Å². The van der Waals surface area contributed by atoms with E-state index in [1.807, 2.05) is 0 Å². The Hall–Kier alpha value is -2.97. The van der Waals surface area contributed by atoms with Gasteiger partial charge in [-0.05, 0) is 54.4 Å². The summed E-state index contributed by atoms with van der Waals surface area (Å²) < 4.78 is 55.0. The quantitative estimate of drug-likeness (QED) is 0.298. The molecule has 1 aromatic heterocycles. The Balaban J connectivity index is 2.20. The van der Waals surface area contributed by atoms with E-state index in [1.54, 1.807) is 42.5 Å². The first kappa shape index (κ1) is 24.7. The molecule has 2 N–H and O–H groups in total. The predicted octanol–water partition coefficient (Wildman–Crippen LogP) is 5.83. The number of pyridine rings is 1. The zero-order chi connectivity index (χ0) is 24.1.